The largest absolute Gasteiger partial charge is 0.0985 e. The lowest BCUT2D eigenvalue weighted by molar-refractivity contribution is 1.62. The first kappa shape index (κ1) is 31.1. The van der Waals surface area contributed by atoms with Gasteiger partial charge in [0.25, 0.3) is 0 Å². The minimum atomic E-state index is 1.14. The third-order valence-electron chi connectivity index (χ3n) is 5.26. The average Bonchev–Trinajstić information content (AvgIpc) is 3.02. The van der Waals surface area contributed by atoms with Crippen molar-refractivity contribution in [2.75, 3.05) is 0 Å². The van der Waals surface area contributed by atoms with Crippen LogP contribution < -0.4 is 0 Å². The van der Waals surface area contributed by atoms with Gasteiger partial charge < -0.3 is 0 Å². The van der Waals surface area contributed by atoms with Gasteiger partial charge in [-0.3, -0.25) is 0 Å². The summed E-state index contributed by atoms with van der Waals surface area (Å²) in [6.07, 6.45) is 12.8. The summed E-state index contributed by atoms with van der Waals surface area (Å²) in [5.74, 6) is 0. The minimum Gasteiger partial charge on any atom is -0.0985 e. The highest BCUT2D eigenvalue weighted by Crippen LogP contribution is 2.10. The van der Waals surface area contributed by atoms with E-state index in [4.69, 9.17) is 0 Å². The second-order valence-electron chi connectivity index (χ2n) is 7.81. The van der Waals surface area contributed by atoms with E-state index < -0.39 is 0 Å². The molecule has 0 N–H and O–H groups in total. The van der Waals surface area contributed by atoms with Crippen LogP contribution in [0.3, 0.4) is 0 Å². The van der Waals surface area contributed by atoms with Crippen LogP contribution >= 0.6 is 0 Å². The SMILES string of the molecule is C=Cc1ccc(C=C)cc1.C=Cc1cccc(C=C)c1.C=Cc1ccccc1.C=Cc1ccccc1C=C. The molecule has 0 unspecified atom stereocenters. The highest BCUT2D eigenvalue weighted by molar-refractivity contribution is 5.63. The van der Waals surface area contributed by atoms with E-state index in [9.17, 15) is 0 Å². The van der Waals surface area contributed by atoms with Gasteiger partial charge >= 0.3 is 0 Å². The maximum Gasteiger partial charge on any atom is -0.0190 e. The van der Waals surface area contributed by atoms with Crippen molar-refractivity contribution in [1.29, 1.82) is 0 Å². The van der Waals surface area contributed by atoms with E-state index in [1.165, 1.54) is 5.56 Å². The van der Waals surface area contributed by atoms with Crippen LogP contribution in [0, 0.1) is 0 Å². The maximum atomic E-state index is 3.69. The Hall–Kier alpha value is -4.94. The highest BCUT2D eigenvalue weighted by atomic mass is 13.9. The van der Waals surface area contributed by atoms with E-state index >= 15 is 0 Å². The predicted octanol–water partition coefficient (Wildman–Crippen LogP) is 11.2. The molecule has 0 atom stereocenters. The monoisotopic (exact) mass is 494 g/mol. The highest BCUT2D eigenvalue weighted by Gasteiger charge is 1.89. The zero-order valence-corrected chi connectivity index (χ0v) is 22.3. The summed E-state index contributed by atoms with van der Waals surface area (Å²) in [6, 6.07) is 34.2. The molecule has 0 saturated heterocycles. The van der Waals surface area contributed by atoms with E-state index in [0.29, 0.717) is 0 Å². The Morgan fingerprint density at radius 3 is 0.921 bits per heavy atom. The molecule has 0 saturated carbocycles. The van der Waals surface area contributed by atoms with Crippen molar-refractivity contribution in [3.05, 3.63) is 188 Å². The van der Waals surface area contributed by atoms with Crippen LogP contribution in [0.25, 0.3) is 42.5 Å². The first-order valence-corrected chi connectivity index (χ1v) is 12.3. The zero-order valence-electron chi connectivity index (χ0n) is 22.3. The molecule has 0 radical (unpaired) electrons. The molecule has 0 amide bonds. The molecule has 0 spiro atoms. The van der Waals surface area contributed by atoms with Gasteiger partial charge in [0.2, 0.25) is 0 Å². The lowest BCUT2D eigenvalue weighted by Gasteiger charge is -1.96. The first-order chi connectivity index (χ1) is 18.5. The van der Waals surface area contributed by atoms with Crippen molar-refractivity contribution in [2.24, 2.45) is 0 Å². The molecule has 190 valence electrons. The van der Waals surface area contributed by atoms with Crippen LogP contribution in [0.2, 0.25) is 0 Å². The van der Waals surface area contributed by atoms with Gasteiger partial charge in [-0.25, -0.2) is 0 Å². The van der Waals surface area contributed by atoms with Crippen LogP contribution in [0.5, 0.6) is 0 Å². The summed E-state index contributed by atoms with van der Waals surface area (Å²) >= 11 is 0. The third-order valence-corrected chi connectivity index (χ3v) is 5.26. The Morgan fingerprint density at radius 2 is 0.605 bits per heavy atom. The molecule has 0 aliphatic carbocycles. The molecule has 4 aromatic carbocycles. The Labute approximate surface area is 230 Å². The molecular formula is C38H38. The standard InChI is InChI=1S/3C10H10.C8H8/c1-3-9-5-7-10(4-2)8-6-9;1-3-9-6-5-7-10(4-2)8-9;1-3-9-7-5-6-8-10(9)4-2;1-2-8-6-4-3-5-7-8/h3*3-8H,1-2H2;2-7H,1H2. The van der Waals surface area contributed by atoms with Gasteiger partial charge in [0.1, 0.15) is 0 Å². The summed E-state index contributed by atoms with van der Waals surface area (Å²) in [4.78, 5) is 0. The quantitative estimate of drug-likeness (QED) is 0.240. The molecule has 0 aliphatic rings. The predicted molar refractivity (Wildman–Crippen MR) is 176 cm³/mol. The molecule has 0 nitrogen and oxygen atoms in total. The van der Waals surface area contributed by atoms with Gasteiger partial charge in [0.05, 0.1) is 0 Å². The van der Waals surface area contributed by atoms with Gasteiger partial charge in [-0.2, -0.15) is 0 Å². The van der Waals surface area contributed by atoms with E-state index in [0.717, 1.165) is 33.4 Å². The first-order valence-electron chi connectivity index (χ1n) is 12.3. The number of benzene rings is 4. The van der Waals surface area contributed by atoms with Crippen molar-refractivity contribution < 1.29 is 0 Å². The Kier molecular flexibility index (Phi) is 15.8. The van der Waals surface area contributed by atoms with Crippen molar-refractivity contribution in [3.8, 4) is 0 Å². The van der Waals surface area contributed by atoms with Gasteiger partial charge in [0, 0.05) is 0 Å². The van der Waals surface area contributed by atoms with E-state index in [2.05, 4.69) is 46.1 Å². The van der Waals surface area contributed by atoms with Crippen molar-refractivity contribution in [1.82, 2.24) is 0 Å². The molecule has 4 aromatic rings. The van der Waals surface area contributed by atoms with Crippen LogP contribution in [-0.2, 0) is 0 Å². The molecular weight excluding hydrogens is 456 g/mol. The molecule has 0 fully saturated rings. The molecule has 0 bridgehead atoms. The second-order valence-corrected chi connectivity index (χ2v) is 7.81. The third kappa shape index (κ3) is 12.2. The van der Waals surface area contributed by atoms with E-state index in [1.54, 1.807) is 0 Å². The molecule has 0 aliphatic heterocycles. The number of hydrogen-bond acceptors (Lipinski definition) is 0. The zero-order chi connectivity index (χ0) is 28.0. The fourth-order valence-corrected chi connectivity index (χ4v) is 3.05. The number of rotatable bonds is 7. The Morgan fingerprint density at radius 1 is 0.289 bits per heavy atom. The smallest absolute Gasteiger partial charge is 0.0190 e. The lowest BCUT2D eigenvalue weighted by Crippen LogP contribution is -1.76. The fraction of sp³-hybridized carbons (Fsp3) is 0. The van der Waals surface area contributed by atoms with Crippen molar-refractivity contribution in [2.45, 2.75) is 0 Å². The van der Waals surface area contributed by atoms with Crippen molar-refractivity contribution >= 4 is 42.5 Å². The molecule has 4 rings (SSSR count). The van der Waals surface area contributed by atoms with Crippen LogP contribution in [0.4, 0.5) is 0 Å². The van der Waals surface area contributed by atoms with Crippen molar-refractivity contribution in [3.63, 3.8) is 0 Å². The summed E-state index contributed by atoms with van der Waals surface area (Å²) < 4.78 is 0. The van der Waals surface area contributed by atoms with Gasteiger partial charge in [-0.1, -0.05) is 186 Å². The molecule has 0 aromatic heterocycles. The summed E-state index contributed by atoms with van der Waals surface area (Å²) in [5, 5.41) is 0. The van der Waals surface area contributed by atoms with Gasteiger partial charge in [-0.05, 0) is 45.0 Å². The van der Waals surface area contributed by atoms with E-state index in [1.807, 2.05) is 146 Å². The Bertz CT molecular complexity index is 1220. The Balaban J connectivity index is 0.000000254. The summed E-state index contributed by atoms with van der Waals surface area (Å²) in [7, 11) is 0. The maximum absolute atomic E-state index is 3.69. The topological polar surface area (TPSA) is 0 Å². The molecule has 38 heavy (non-hydrogen) atoms. The fourth-order valence-electron chi connectivity index (χ4n) is 3.05. The van der Waals surface area contributed by atoms with E-state index in [-0.39, 0.29) is 0 Å². The normalized spacial score (nSPS) is 8.74. The summed E-state index contributed by atoms with van der Waals surface area (Å²) in [6.45, 7) is 25.7. The van der Waals surface area contributed by atoms with Crippen LogP contribution in [0.1, 0.15) is 38.9 Å². The minimum absolute atomic E-state index is 1.14. The van der Waals surface area contributed by atoms with Gasteiger partial charge in [0.15, 0.2) is 0 Å². The van der Waals surface area contributed by atoms with Gasteiger partial charge in [-0.15, -0.1) is 0 Å². The van der Waals surface area contributed by atoms with Crippen LogP contribution in [-0.4, -0.2) is 0 Å². The lowest BCUT2D eigenvalue weighted by atomic mass is 10.1. The number of hydrogen-bond donors (Lipinski definition) is 0. The average molecular weight is 495 g/mol. The summed E-state index contributed by atoms with van der Waals surface area (Å²) in [5.41, 5.74) is 8.01. The molecule has 0 heterocycles. The van der Waals surface area contributed by atoms with Crippen LogP contribution in [0.15, 0.2) is 149 Å². The second kappa shape index (κ2) is 19.3. The molecule has 0 heteroatoms.